The van der Waals surface area contributed by atoms with Crippen LogP contribution in [0.1, 0.15) is 5.56 Å². The molecule has 0 fully saturated rings. The first kappa shape index (κ1) is 22.3. The van der Waals surface area contributed by atoms with Gasteiger partial charge in [-0.05, 0) is 23.8 Å². The highest BCUT2D eigenvalue weighted by molar-refractivity contribution is 5.84. The van der Waals surface area contributed by atoms with Gasteiger partial charge in [0.25, 0.3) is 11.5 Å². The Morgan fingerprint density at radius 2 is 1.97 bits per heavy atom. The standard InChI is InChI=1S/C19H20N6O7/c1-23-17-16(18(29)24(2)19(23)30)20-10-25(17)8-14(26)22-21-7-11-4-5-12(13(6-11)31-3)32-9-15(27)28/h4-7,10H,8-9H2,1-3H3,(H,22,26)(H,27,28)/b21-7-. The molecule has 3 aromatic rings. The van der Waals surface area contributed by atoms with Crippen LogP contribution in [0.25, 0.3) is 11.2 Å². The van der Waals surface area contributed by atoms with Crippen LogP contribution in [0.4, 0.5) is 0 Å². The number of amides is 1. The average molecular weight is 444 g/mol. The van der Waals surface area contributed by atoms with E-state index in [1.807, 2.05) is 0 Å². The summed E-state index contributed by atoms with van der Waals surface area (Å²) >= 11 is 0. The minimum atomic E-state index is -1.12. The van der Waals surface area contributed by atoms with Gasteiger partial charge in [0.1, 0.15) is 12.2 Å². The second-order valence-corrected chi connectivity index (χ2v) is 6.64. The molecule has 1 amide bonds. The number of hydrogen-bond acceptors (Lipinski definition) is 8. The first-order valence-electron chi connectivity index (χ1n) is 9.18. The van der Waals surface area contributed by atoms with E-state index in [0.29, 0.717) is 11.3 Å². The number of aromatic nitrogens is 4. The molecule has 0 spiro atoms. The van der Waals surface area contributed by atoms with Crippen molar-refractivity contribution >= 4 is 29.3 Å². The third-order valence-electron chi connectivity index (χ3n) is 4.46. The van der Waals surface area contributed by atoms with Gasteiger partial charge in [-0.15, -0.1) is 0 Å². The summed E-state index contributed by atoms with van der Waals surface area (Å²) in [6.07, 6.45) is 2.66. The van der Waals surface area contributed by atoms with Crippen LogP contribution < -0.4 is 26.1 Å². The smallest absolute Gasteiger partial charge is 0.341 e. The molecule has 0 bridgehead atoms. The number of fused-ring (bicyclic) bond motifs is 1. The number of carboxylic acids is 1. The average Bonchev–Trinajstić information content (AvgIpc) is 3.18. The van der Waals surface area contributed by atoms with Crippen molar-refractivity contribution in [1.29, 1.82) is 0 Å². The monoisotopic (exact) mass is 444 g/mol. The number of carbonyl (C=O) groups is 2. The number of imidazole rings is 1. The lowest BCUT2D eigenvalue weighted by Crippen LogP contribution is -2.37. The molecule has 2 heterocycles. The van der Waals surface area contributed by atoms with Crippen LogP contribution in [0.5, 0.6) is 11.5 Å². The van der Waals surface area contributed by atoms with E-state index in [2.05, 4.69) is 15.5 Å². The molecule has 32 heavy (non-hydrogen) atoms. The molecule has 0 saturated heterocycles. The number of ether oxygens (including phenoxy) is 2. The highest BCUT2D eigenvalue weighted by Gasteiger charge is 2.15. The molecule has 0 aliphatic rings. The molecule has 1 aromatic carbocycles. The quantitative estimate of drug-likeness (QED) is 0.332. The predicted octanol–water partition coefficient (Wildman–Crippen LogP) is -0.944. The summed E-state index contributed by atoms with van der Waals surface area (Å²) in [5, 5.41) is 12.6. The first-order valence-corrected chi connectivity index (χ1v) is 9.18. The molecule has 3 rings (SSSR count). The molecule has 2 aromatic heterocycles. The van der Waals surface area contributed by atoms with E-state index in [1.54, 1.807) is 12.1 Å². The van der Waals surface area contributed by atoms with Crippen LogP contribution in [0.2, 0.25) is 0 Å². The number of nitrogens with zero attached hydrogens (tertiary/aromatic N) is 5. The van der Waals surface area contributed by atoms with Crippen molar-refractivity contribution in [3.63, 3.8) is 0 Å². The summed E-state index contributed by atoms with van der Waals surface area (Å²) in [5.74, 6) is -1.08. The third kappa shape index (κ3) is 4.50. The maximum Gasteiger partial charge on any atom is 0.341 e. The number of aryl methyl sites for hydroxylation is 1. The fourth-order valence-corrected chi connectivity index (χ4v) is 2.95. The maximum absolute atomic E-state index is 12.3. The van der Waals surface area contributed by atoms with Gasteiger partial charge in [0, 0.05) is 14.1 Å². The third-order valence-corrected chi connectivity index (χ3v) is 4.46. The molecule has 0 unspecified atom stereocenters. The lowest BCUT2D eigenvalue weighted by molar-refractivity contribution is -0.139. The second-order valence-electron chi connectivity index (χ2n) is 6.64. The summed E-state index contributed by atoms with van der Waals surface area (Å²) < 4.78 is 13.8. The minimum absolute atomic E-state index is 0.0724. The Morgan fingerprint density at radius 3 is 2.66 bits per heavy atom. The summed E-state index contributed by atoms with van der Waals surface area (Å²) in [5.41, 5.74) is 2.11. The van der Waals surface area contributed by atoms with Crippen LogP contribution in [0, 0.1) is 0 Å². The number of hydrazone groups is 1. The zero-order valence-corrected chi connectivity index (χ0v) is 17.4. The van der Waals surface area contributed by atoms with E-state index in [4.69, 9.17) is 14.6 Å². The maximum atomic E-state index is 12.3. The number of hydrogen-bond donors (Lipinski definition) is 2. The van der Waals surface area contributed by atoms with Gasteiger partial charge in [-0.25, -0.2) is 20.0 Å². The fourth-order valence-electron chi connectivity index (χ4n) is 2.95. The van der Waals surface area contributed by atoms with Gasteiger partial charge in [0.15, 0.2) is 23.6 Å². The van der Waals surface area contributed by atoms with Gasteiger partial charge in [-0.2, -0.15) is 5.10 Å². The van der Waals surface area contributed by atoms with Crippen LogP contribution in [-0.4, -0.2) is 55.6 Å². The molecule has 168 valence electrons. The van der Waals surface area contributed by atoms with Gasteiger partial charge in [0.05, 0.1) is 19.7 Å². The molecule has 0 aliphatic carbocycles. The summed E-state index contributed by atoms with van der Waals surface area (Å²) in [6.45, 7) is -0.736. The fraction of sp³-hybridized carbons (Fsp3) is 0.263. The van der Waals surface area contributed by atoms with Crippen LogP contribution >= 0.6 is 0 Å². The molecular weight excluding hydrogens is 424 g/mol. The van der Waals surface area contributed by atoms with Crippen molar-refractivity contribution in [2.24, 2.45) is 19.2 Å². The van der Waals surface area contributed by atoms with E-state index in [-0.39, 0.29) is 23.5 Å². The number of aliphatic carboxylic acids is 1. The van der Waals surface area contributed by atoms with Crippen molar-refractivity contribution < 1.29 is 24.2 Å². The Hall–Kier alpha value is -4.42. The number of methoxy groups -OCH3 is 1. The summed E-state index contributed by atoms with van der Waals surface area (Å²) in [6, 6.07) is 4.68. The van der Waals surface area contributed by atoms with E-state index in [1.165, 1.54) is 48.9 Å². The Morgan fingerprint density at radius 1 is 1.22 bits per heavy atom. The van der Waals surface area contributed by atoms with Gasteiger partial charge < -0.3 is 19.1 Å². The zero-order chi connectivity index (χ0) is 23.4. The highest BCUT2D eigenvalue weighted by Crippen LogP contribution is 2.27. The molecule has 0 aliphatic heterocycles. The molecule has 2 N–H and O–H groups in total. The first-order chi connectivity index (χ1) is 15.2. The highest BCUT2D eigenvalue weighted by atomic mass is 16.5. The second kappa shape index (κ2) is 9.16. The predicted molar refractivity (Wildman–Crippen MR) is 112 cm³/mol. The van der Waals surface area contributed by atoms with Crippen molar-refractivity contribution in [1.82, 2.24) is 24.1 Å². The number of carboxylic acid groups (broad SMARTS) is 1. The van der Waals surface area contributed by atoms with Gasteiger partial charge in [-0.1, -0.05) is 0 Å². The summed E-state index contributed by atoms with van der Waals surface area (Å²) in [7, 11) is 4.24. The molecular formula is C19H20N6O7. The van der Waals surface area contributed by atoms with E-state index >= 15 is 0 Å². The van der Waals surface area contributed by atoms with Crippen molar-refractivity contribution in [2.75, 3.05) is 13.7 Å². The normalized spacial score (nSPS) is 11.1. The number of rotatable bonds is 8. The van der Waals surface area contributed by atoms with Crippen molar-refractivity contribution in [2.45, 2.75) is 6.54 Å². The SMILES string of the molecule is COc1cc(/C=N\NC(=O)Cn2cnc3c(=O)n(C)c(=O)n(C)c32)ccc1OCC(=O)O. The van der Waals surface area contributed by atoms with Crippen LogP contribution in [0.15, 0.2) is 39.2 Å². The molecule has 0 radical (unpaired) electrons. The van der Waals surface area contributed by atoms with Crippen molar-refractivity contribution in [3.8, 4) is 11.5 Å². The minimum Gasteiger partial charge on any atom is -0.493 e. The largest absolute Gasteiger partial charge is 0.493 e. The molecule has 13 nitrogen and oxygen atoms in total. The lowest BCUT2D eigenvalue weighted by atomic mass is 10.2. The Bertz CT molecular complexity index is 1330. The topological polar surface area (TPSA) is 159 Å². The molecule has 0 saturated carbocycles. The Kier molecular flexibility index (Phi) is 6.37. The van der Waals surface area contributed by atoms with Crippen LogP contribution in [0.3, 0.4) is 0 Å². The molecule has 0 atom stereocenters. The van der Waals surface area contributed by atoms with Gasteiger partial charge >= 0.3 is 11.7 Å². The van der Waals surface area contributed by atoms with Gasteiger partial charge in [0.2, 0.25) is 0 Å². The molecule has 13 heteroatoms. The number of benzene rings is 1. The van der Waals surface area contributed by atoms with E-state index in [0.717, 1.165) is 4.57 Å². The number of nitrogens with one attached hydrogen (secondary N) is 1. The Balaban J connectivity index is 1.71. The Labute approximate surface area is 180 Å². The zero-order valence-electron chi connectivity index (χ0n) is 17.4. The van der Waals surface area contributed by atoms with Crippen molar-refractivity contribution in [3.05, 3.63) is 50.9 Å². The van der Waals surface area contributed by atoms with E-state index < -0.39 is 29.7 Å². The summed E-state index contributed by atoms with van der Waals surface area (Å²) in [4.78, 5) is 51.2. The lowest BCUT2D eigenvalue weighted by Gasteiger charge is -2.09. The van der Waals surface area contributed by atoms with Crippen LogP contribution in [-0.2, 0) is 30.2 Å². The number of carbonyl (C=O) groups excluding carboxylic acids is 1. The van der Waals surface area contributed by atoms with E-state index in [9.17, 15) is 19.2 Å². The van der Waals surface area contributed by atoms with Gasteiger partial charge in [-0.3, -0.25) is 18.7 Å².